The summed E-state index contributed by atoms with van der Waals surface area (Å²) in [5.41, 5.74) is 1.79. The standard InChI is InChI=1S/C21H20ClN5O3/c1-3-30-17-11-13(4-9-16(17)28)19-25-20(24-15-7-5-14(22)6-8-15)26-21-23-12(2)10-18(29)27(19)21/h4-11,19,28H,3H2,1-2H3,(H2,23,24,25,26). The highest BCUT2D eigenvalue weighted by atomic mass is 35.5. The maximum atomic E-state index is 12.7. The van der Waals surface area contributed by atoms with Crippen LogP contribution in [0.15, 0.2) is 58.3 Å². The molecule has 0 saturated heterocycles. The molecule has 0 bridgehead atoms. The van der Waals surface area contributed by atoms with Gasteiger partial charge in [0.2, 0.25) is 11.9 Å². The van der Waals surface area contributed by atoms with E-state index in [0.29, 0.717) is 40.5 Å². The number of phenolic OH excluding ortho intramolecular Hbond substituents is 1. The van der Waals surface area contributed by atoms with Crippen molar-refractivity contribution in [3.8, 4) is 11.5 Å². The molecule has 0 fully saturated rings. The second kappa shape index (κ2) is 8.08. The van der Waals surface area contributed by atoms with E-state index < -0.39 is 6.17 Å². The van der Waals surface area contributed by atoms with Gasteiger partial charge in [0.1, 0.15) is 0 Å². The predicted molar refractivity (Wildman–Crippen MR) is 117 cm³/mol. The molecule has 2 heterocycles. The second-order valence-electron chi connectivity index (χ2n) is 6.70. The summed E-state index contributed by atoms with van der Waals surface area (Å²) in [7, 11) is 0. The zero-order chi connectivity index (χ0) is 21.3. The molecule has 1 aliphatic rings. The minimum atomic E-state index is -0.698. The number of nitrogens with one attached hydrogen (secondary N) is 2. The van der Waals surface area contributed by atoms with Crippen molar-refractivity contribution in [2.75, 3.05) is 17.2 Å². The Balaban J connectivity index is 1.80. The number of aliphatic imine (C=N–C) groups is 1. The topological polar surface area (TPSA) is 101 Å². The number of benzene rings is 2. The van der Waals surface area contributed by atoms with Crippen molar-refractivity contribution in [3.63, 3.8) is 0 Å². The van der Waals surface area contributed by atoms with Crippen LogP contribution in [0, 0.1) is 6.92 Å². The van der Waals surface area contributed by atoms with Gasteiger partial charge in [0, 0.05) is 28.0 Å². The van der Waals surface area contributed by atoms with Crippen molar-refractivity contribution in [1.82, 2.24) is 9.55 Å². The number of nitrogens with zero attached hydrogens (tertiary/aromatic N) is 3. The van der Waals surface area contributed by atoms with Crippen LogP contribution >= 0.6 is 11.6 Å². The number of phenols is 1. The fourth-order valence-electron chi connectivity index (χ4n) is 3.17. The molecule has 0 aliphatic carbocycles. The van der Waals surface area contributed by atoms with Crippen LogP contribution in [-0.4, -0.2) is 27.2 Å². The van der Waals surface area contributed by atoms with E-state index in [4.69, 9.17) is 16.3 Å². The van der Waals surface area contributed by atoms with Gasteiger partial charge in [-0.1, -0.05) is 17.7 Å². The number of halogens is 1. The van der Waals surface area contributed by atoms with E-state index in [1.807, 2.05) is 19.1 Å². The maximum absolute atomic E-state index is 12.7. The molecule has 1 aromatic heterocycles. The molecule has 3 N–H and O–H groups in total. The summed E-state index contributed by atoms with van der Waals surface area (Å²) in [4.78, 5) is 21.9. The van der Waals surface area contributed by atoms with Crippen LogP contribution in [0.5, 0.6) is 11.5 Å². The van der Waals surface area contributed by atoms with E-state index in [2.05, 4.69) is 20.6 Å². The van der Waals surface area contributed by atoms with E-state index in [0.717, 1.165) is 5.69 Å². The molecular formula is C21H20ClN5O3. The summed E-state index contributed by atoms with van der Waals surface area (Å²) in [6, 6.07) is 13.5. The van der Waals surface area contributed by atoms with Crippen LogP contribution in [0.4, 0.5) is 11.6 Å². The zero-order valence-electron chi connectivity index (χ0n) is 16.4. The summed E-state index contributed by atoms with van der Waals surface area (Å²) in [6.07, 6.45) is -0.698. The molecule has 154 valence electrons. The number of anilines is 2. The van der Waals surface area contributed by atoms with Gasteiger partial charge in [-0.15, -0.1) is 0 Å². The van der Waals surface area contributed by atoms with Gasteiger partial charge in [0.15, 0.2) is 17.7 Å². The third-order valence-electron chi connectivity index (χ3n) is 4.50. The first-order chi connectivity index (χ1) is 14.4. The Morgan fingerprint density at radius 1 is 1.23 bits per heavy atom. The Hall–Kier alpha value is -3.52. The van der Waals surface area contributed by atoms with Crippen molar-refractivity contribution in [3.05, 3.63) is 75.2 Å². The normalized spacial score (nSPS) is 15.0. The van der Waals surface area contributed by atoms with Crippen molar-refractivity contribution in [2.45, 2.75) is 20.0 Å². The Bertz CT molecular complexity index is 1170. The molecule has 0 saturated carbocycles. The Morgan fingerprint density at radius 3 is 2.73 bits per heavy atom. The van der Waals surface area contributed by atoms with Gasteiger partial charge in [-0.3, -0.25) is 14.7 Å². The molecule has 30 heavy (non-hydrogen) atoms. The first-order valence-electron chi connectivity index (χ1n) is 9.38. The number of hydrogen-bond donors (Lipinski definition) is 3. The summed E-state index contributed by atoms with van der Waals surface area (Å²) in [6.45, 7) is 3.98. The highest BCUT2D eigenvalue weighted by Crippen LogP contribution is 2.33. The highest BCUT2D eigenvalue weighted by Gasteiger charge is 2.26. The Labute approximate surface area is 177 Å². The van der Waals surface area contributed by atoms with Gasteiger partial charge in [0.25, 0.3) is 5.56 Å². The molecule has 1 aliphatic heterocycles. The molecule has 0 radical (unpaired) electrons. The first-order valence-corrected chi connectivity index (χ1v) is 9.75. The van der Waals surface area contributed by atoms with E-state index in [9.17, 15) is 9.90 Å². The molecule has 1 unspecified atom stereocenters. The number of guanidine groups is 1. The number of fused-ring (bicyclic) bond motifs is 1. The third-order valence-corrected chi connectivity index (χ3v) is 4.75. The number of aromatic nitrogens is 2. The lowest BCUT2D eigenvalue weighted by Gasteiger charge is -2.27. The van der Waals surface area contributed by atoms with Crippen LogP contribution < -0.4 is 20.9 Å². The molecular weight excluding hydrogens is 406 g/mol. The number of rotatable bonds is 4. The van der Waals surface area contributed by atoms with Gasteiger partial charge in [0.05, 0.1) is 6.61 Å². The quantitative estimate of drug-likeness (QED) is 0.588. The lowest BCUT2D eigenvalue weighted by Crippen LogP contribution is -2.37. The van der Waals surface area contributed by atoms with Crippen LogP contribution in [0.1, 0.15) is 24.3 Å². The van der Waals surface area contributed by atoms with E-state index in [-0.39, 0.29) is 11.3 Å². The van der Waals surface area contributed by atoms with Crippen molar-refractivity contribution in [1.29, 1.82) is 0 Å². The Morgan fingerprint density at radius 2 is 2.00 bits per heavy atom. The SMILES string of the molecule is CCOc1cc(C2N=C(Nc3ccc(Cl)cc3)Nc3nc(C)cc(=O)n32)ccc1O. The Kier molecular flexibility index (Phi) is 5.33. The molecule has 9 heteroatoms. The fourth-order valence-corrected chi connectivity index (χ4v) is 3.29. The predicted octanol–water partition coefficient (Wildman–Crippen LogP) is 3.75. The zero-order valence-corrected chi connectivity index (χ0v) is 17.1. The van der Waals surface area contributed by atoms with Gasteiger partial charge in [-0.25, -0.2) is 9.98 Å². The summed E-state index contributed by atoms with van der Waals surface area (Å²) < 4.78 is 6.95. The molecule has 0 amide bonds. The first kappa shape index (κ1) is 19.8. The van der Waals surface area contributed by atoms with Crippen molar-refractivity contribution < 1.29 is 9.84 Å². The molecule has 4 rings (SSSR count). The molecule has 3 aromatic rings. The molecule has 1 atom stereocenters. The fraction of sp³-hybridized carbons (Fsp3) is 0.190. The minimum absolute atomic E-state index is 0.0210. The van der Waals surface area contributed by atoms with Gasteiger partial charge in [-0.2, -0.15) is 0 Å². The van der Waals surface area contributed by atoms with Crippen LogP contribution in [-0.2, 0) is 0 Å². The average Bonchev–Trinajstić information content (AvgIpc) is 2.70. The maximum Gasteiger partial charge on any atom is 0.257 e. The summed E-state index contributed by atoms with van der Waals surface area (Å²) in [5.74, 6) is 1.13. The highest BCUT2D eigenvalue weighted by molar-refractivity contribution is 6.30. The largest absolute Gasteiger partial charge is 0.504 e. The monoisotopic (exact) mass is 425 g/mol. The van der Waals surface area contributed by atoms with Crippen LogP contribution in [0.25, 0.3) is 0 Å². The van der Waals surface area contributed by atoms with Crippen molar-refractivity contribution in [2.24, 2.45) is 4.99 Å². The molecule has 0 spiro atoms. The summed E-state index contributed by atoms with van der Waals surface area (Å²) >= 11 is 5.96. The lowest BCUT2D eigenvalue weighted by atomic mass is 10.1. The van der Waals surface area contributed by atoms with Crippen LogP contribution in [0.2, 0.25) is 5.02 Å². The number of aryl methyl sites for hydroxylation is 1. The number of hydrogen-bond acceptors (Lipinski definition) is 7. The molecule has 8 nitrogen and oxygen atoms in total. The smallest absolute Gasteiger partial charge is 0.257 e. The van der Waals surface area contributed by atoms with E-state index >= 15 is 0 Å². The number of ether oxygens (including phenoxy) is 1. The lowest BCUT2D eigenvalue weighted by molar-refractivity contribution is 0.317. The summed E-state index contributed by atoms with van der Waals surface area (Å²) in [5, 5.41) is 16.9. The average molecular weight is 426 g/mol. The number of aromatic hydroxyl groups is 1. The van der Waals surface area contributed by atoms with E-state index in [1.54, 1.807) is 31.2 Å². The van der Waals surface area contributed by atoms with Gasteiger partial charge in [-0.05, 0) is 50.2 Å². The van der Waals surface area contributed by atoms with Gasteiger partial charge >= 0.3 is 0 Å². The van der Waals surface area contributed by atoms with E-state index in [1.165, 1.54) is 16.7 Å². The van der Waals surface area contributed by atoms with Gasteiger partial charge < -0.3 is 15.2 Å². The second-order valence-corrected chi connectivity index (χ2v) is 7.13. The van der Waals surface area contributed by atoms with Crippen molar-refractivity contribution >= 4 is 29.2 Å². The molecule has 2 aromatic carbocycles. The third kappa shape index (κ3) is 3.95. The van der Waals surface area contributed by atoms with Crippen LogP contribution in [0.3, 0.4) is 0 Å². The minimum Gasteiger partial charge on any atom is -0.504 e.